The van der Waals surface area contributed by atoms with E-state index >= 15 is 0 Å². The Bertz CT molecular complexity index is 719. The van der Waals surface area contributed by atoms with Crippen molar-refractivity contribution in [2.45, 2.75) is 0 Å². The van der Waals surface area contributed by atoms with Gasteiger partial charge in [-0.25, -0.2) is 4.39 Å². The maximum absolute atomic E-state index is 13.7. The zero-order chi connectivity index (χ0) is 15.4. The van der Waals surface area contributed by atoms with Crippen molar-refractivity contribution in [1.29, 1.82) is 0 Å². The van der Waals surface area contributed by atoms with Crippen LogP contribution in [0.1, 0.15) is 15.9 Å². The van der Waals surface area contributed by atoms with Crippen LogP contribution in [0.3, 0.4) is 0 Å². The third-order valence-corrected chi connectivity index (χ3v) is 3.02. The van der Waals surface area contributed by atoms with Crippen molar-refractivity contribution in [1.82, 2.24) is 0 Å². The van der Waals surface area contributed by atoms with Crippen LogP contribution in [0.4, 0.5) is 10.1 Å². The number of rotatable bonds is 3. The van der Waals surface area contributed by atoms with Gasteiger partial charge >= 0.3 is 0 Å². The van der Waals surface area contributed by atoms with E-state index in [2.05, 4.69) is 10.5 Å². The molecule has 0 fully saturated rings. The van der Waals surface area contributed by atoms with Gasteiger partial charge in [0.2, 0.25) is 0 Å². The highest BCUT2D eigenvalue weighted by Crippen LogP contribution is 2.22. The first-order chi connectivity index (χ1) is 10.0. The lowest BCUT2D eigenvalue weighted by Crippen LogP contribution is -2.16. The monoisotopic (exact) mass is 307 g/mol. The fourth-order valence-corrected chi connectivity index (χ4v) is 1.85. The Morgan fingerprint density at radius 3 is 2.62 bits per heavy atom. The predicted molar refractivity (Wildman–Crippen MR) is 78.3 cm³/mol. The average Bonchev–Trinajstić information content (AvgIpc) is 2.51. The summed E-state index contributed by atoms with van der Waals surface area (Å²) in [4.78, 5) is 12.1. The molecule has 0 heterocycles. The van der Waals surface area contributed by atoms with Crippen molar-refractivity contribution in [2.75, 3.05) is 5.32 Å². The Kier molecular flexibility index (Phi) is 4.39. The summed E-state index contributed by atoms with van der Waals surface area (Å²) >= 11 is 5.64. The molecule has 0 spiro atoms. The zero-order valence-corrected chi connectivity index (χ0v) is 11.4. The summed E-state index contributed by atoms with van der Waals surface area (Å²) in [7, 11) is 0. The van der Waals surface area contributed by atoms with E-state index < -0.39 is 11.7 Å². The molecule has 0 saturated carbocycles. The molecule has 0 unspecified atom stereocenters. The molecule has 0 saturated heterocycles. The van der Waals surface area contributed by atoms with E-state index in [1.807, 2.05) is 0 Å². The quantitative estimate of drug-likeness (QED) is 0.352. The van der Waals surface area contributed by atoms with Crippen LogP contribution in [-0.4, -0.2) is 17.0 Å². The van der Waals surface area contributed by atoms with Crippen molar-refractivity contribution in [3.63, 3.8) is 0 Å². The summed E-state index contributed by atoms with van der Waals surface area (Å²) in [5.74, 6) is -1.37. The molecule has 4 N–H and O–H groups in total. The first kappa shape index (κ1) is 14.8. The standard InChI is InChI=1S/C14H11ClFN3O2/c15-10-5-2-6-11(12(10)16)18-14(20)9-4-1-3-8(7-9)13(17)19-21/h1-7,21H,(H2,17,19)(H,18,20). The normalized spacial score (nSPS) is 11.2. The van der Waals surface area contributed by atoms with Crippen molar-refractivity contribution in [3.8, 4) is 0 Å². The lowest BCUT2D eigenvalue weighted by molar-refractivity contribution is 0.102. The molecule has 21 heavy (non-hydrogen) atoms. The Balaban J connectivity index is 2.27. The van der Waals surface area contributed by atoms with Crippen LogP contribution < -0.4 is 11.1 Å². The van der Waals surface area contributed by atoms with Crippen LogP contribution in [0.2, 0.25) is 5.02 Å². The van der Waals surface area contributed by atoms with Gasteiger partial charge < -0.3 is 16.3 Å². The number of amides is 1. The van der Waals surface area contributed by atoms with E-state index in [1.165, 1.54) is 30.3 Å². The molecule has 2 aromatic carbocycles. The summed E-state index contributed by atoms with van der Waals surface area (Å²) in [6.07, 6.45) is 0. The second-order valence-corrected chi connectivity index (χ2v) is 4.53. The van der Waals surface area contributed by atoms with Gasteiger partial charge in [0, 0.05) is 11.1 Å². The molecule has 7 heteroatoms. The highest BCUT2D eigenvalue weighted by Gasteiger charge is 2.12. The molecule has 2 aromatic rings. The van der Waals surface area contributed by atoms with Crippen LogP contribution >= 0.6 is 11.6 Å². The first-order valence-electron chi connectivity index (χ1n) is 5.86. The van der Waals surface area contributed by atoms with E-state index in [9.17, 15) is 9.18 Å². The molecular formula is C14H11ClFN3O2. The molecule has 0 aromatic heterocycles. The number of nitrogens with zero attached hydrogens (tertiary/aromatic N) is 1. The van der Waals surface area contributed by atoms with Crippen LogP contribution in [0.5, 0.6) is 0 Å². The molecule has 0 bridgehead atoms. The van der Waals surface area contributed by atoms with Crippen molar-refractivity contribution in [2.24, 2.45) is 10.9 Å². The number of nitrogens with one attached hydrogen (secondary N) is 1. The first-order valence-corrected chi connectivity index (χ1v) is 6.24. The number of benzene rings is 2. The Morgan fingerprint density at radius 1 is 1.24 bits per heavy atom. The molecule has 0 atom stereocenters. The number of hydrogen-bond donors (Lipinski definition) is 3. The minimum absolute atomic E-state index is 0.0262. The third-order valence-electron chi connectivity index (χ3n) is 2.73. The van der Waals surface area contributed by atoms with Gasteiger partial charge in [0.1, 0.15) is 0 Å². The van der Waals surface area contributed by atoms with Gasteiger partial charge in [-0.2, -0.15) is 0 Å². The largest absolute Gasteiger partial charge is 0.409 e. The van der Waals surface area contributed by atoms with E-state index in [4.69, 9.17) is 22.5 Å². The fraction of sp³-hybridized carbons (Fsp3) is 0. The molecule has 108 valence electrons. The second-order valence-electron chi connectivity index (χ2n) is 4.12. The molecule has 0 radical (unpaired) electrons. The van der Waals surface area contributed by atoms with Crippen molar-refractivity contribution in [3.05, 3.63) is 64.4 Å². The number of anilines is 1. The lowest BCUT2D eigenvalue weighted by Gasteiger charge is -2.08. The predicted octanol–water partition coefficient (Wildman–Crippen LogP) is 2.83. The number of nitrogens with two attached hydrogens (primary N) is 1. The molecule has 2 rings (SSSR count). The summed E-state index contributed by atoms with van der Waals surface area (Å²) in [5, 5.41) is 13.8. The van der Waals surface area contributed by atoms with Gasteiger partial charge in [-0.15, -0.1) is 0 Å². The van der Waals surface area contributed by atoms with Gasteiger partial charge in [-0.3, -0.25) is 4.79 Å². The van der Waals surface area contributed by atoms with Crippen molar-refractivity contribution < 1.29 is 14.4 Å². The maximum atomic E-state index is 13.7. The lowest BCUT2D eigenvalue weighted by atomic mass is 10.1. The van der Waals surface area contributed by atoms with Crippen LogP contribution in [0.25, 0.3) is 0 Å². The van der Waals surface area contributed by atoms with Gasteiger partial charge in [0.05, 0.1) is 10.7 Å². The maximum Gasteiger partial charge on any atom is 0.255 e. The van der Waals surface area contributed by atoms with Gasteiger partial charge in [0.15, 0.2) is 11.7 Å². The second kappa shape index (κ2) is 6.23. The van der Waals surface area contributed by atoms with E-state index in [-0.39, 0.29) is 22.1 Å². The minimum atomic E-state index is -0.708. The topological polar surface area (TPSA) is 87.7 Å². The van der Waals surface area contributed by atoms with E-state index in [1.54, 1.807) is 12.1 Å². The molecule has 1 amide bonds. The SMILES string of the molecule is N/C(=N\O)c1cccc(C(=O)Nc2cccc(Cl)c2F)c1. The fourth-order valence-electron chi connectivity index (χ4n) is 1.67. The summed E-state index contributed by atoms with van der Waals surface area (Å²) in [6.45, 7) is 0. The molecule has 0 aliphatic carbocycles. The van der Waals surface area contributed by atoms with Crippen LogP contribution in [-0.2, 0) is 0 Å². The highest BCUT2D eigenvalue weighted by atomic mass is 35.5. The van der Waals surface area contributed by atoms with Gasteiger partial charge in [-0.05, 0) is 24.3 Å². The number of carbonyl (C=O) groups is 1. The Morgan fingerprint density at radius 2 is 1.90 bits per heavy atom. The summed E-state index contributed by atoms with van der Waals surface area (Å²) in [5.41, 5.74) is 6.03. The Labute approximate surface area is 124 Å². The summed E-state index contributed by atoms with van der Waals surface area (Å²) in [6, 6.07) is 10.4. The summed E-state index contributed by atoms with van der Waals surface area (Å²) < 4.78 is 13.7. The van der Waals surface area contributed by atoms with Crippen LogP contribution in [0.15, 0.2) is 47.6 Å². The molecule has 0 aliphatic rings. The van der Waals surface area contributed by atoms with Gasteiger partial charge in [0.25, 0.3) is 5.91 Å². The smallest absolute Gasteiger partial charge is 0.255 e. The van der Waals surface area contributed by atoms with Crippen molar-refractivity contribution >= 4 is 29.0 Å². The number of carbonyl (C=O) groups excluding carboxylic acids is 1. The number of hydrogen-bond acceptors (Lipinski definition) is 3. The minimum Gasteiger partial charge on any atom is -0.409 e. The van der Waals surface area contributed by atoms with Crippen LogP contribution in [0, 0.1) is 5.82 Å². The van der Waals surface area contributed by atoms with Gasteiger partial charge in [-0.1, -0.05) is 35.0 Å². The highest BCUT2D eigenvalue weighted by molar-refractivity contribution is 6.31. The zero-order valence-electron chi connectivity index (χ0n) is 10.7. The molecule has 5 nitrogen and oxygen atoms in total. The molecule has 0 aliphatic heterocycles. The number of oxime groups is 1. The molecular weight excluding hydrogens is 297 g/mol. The number of halogens is 2. The third kappa shape index (κ3) is 3.29. The van der Waals surface area contributed by atoms with E-state index in [0.29, 0.717) is 5.56 Å². The number of amidine groups is 1. The van der Waals surface area contributed by atoms with E-state index in [0.717, 1.165) is 0 Å². The Hall–Kier alpha value is -2.60. The average molecular weight is 308 g/mol.